The molecule has 4 heteroatoms. The molecule has 0 bridgehead atoms. The van der Waals surface area contributed by atoms with Gasteiger partial charge in [0.2, 0.25) is 0 Å². The molecule has 0 radical (unpaired) electrons. The molecule has 4 fully saturated rings. The fourth-order valence-corrected chi connectivity index (χ4v) is 12.4. The monoisotopic (exact) mass is 446 g/mol. The average molecular weight is 447 g/mol. The van der Waals surface area contributed by atoms with Gasteiger partial charge >= 0.3 is 0 Å². The Labute approximate surface area is 186 Å². The second kappa shape index (κ2) is 10.5. The molecule has 0 N–H and O–H groups in total. The van der Waals surface area contributed by atoms with Crippen LogP contribution in [0.3, 0.4) is 0 Å². The van der Waals surface area contributed by atoms with Crippen molar-refractivity contribution in [3.05, 3.63) is 24.3 Å². The zero-order valence-corrected chi connectivity index (χ0v) is 20.4. The van der Waals surface area contributed by atoms with Gasteiger partial charge in [0.25, 0.3) is 0 Å². The highest BCUT2D eigenvalue weighted by Crippen LogP contribution is 2.59. The third-order valence-corrected chi connectivity index (χ3v) is 13.8. The Morgan fingerprint density at radius 3 is 1.10 bits per heavy atom. The number of rotatable bonds is 8. The van der Waals surface area contributed by atoms with Gasteiger partial charge in [-0.15, -0.1) is 0 Å². The normalized spacial score (nSPS) is 24.6. The van der Waals surface area contributed by atoms with Gasteiger partial charge in [-0.1, -0.05) is 57.4 Å². The van der Waals surface area contributed by atoms with Crippen LogP contribution in [0.5, 0.6) is 11.5 Å². The van der Waals surface area contributed by atoms with Crippen molar-refractivity contribution in [1.82, 2.24) is 0 Å². The number of hydrogen-bond acceptors (Lipinski definition) is 2. The van der Waals surface area contributed by atoms with E-state index in [0.717, 1.165) is 34.1 Å². The van der Waals surface area contributed by atoms with Crippen LogP contribution in [0.1, 0.15) is 103 Å². The molecule has 5 rings (SSSR count). The molecule has 4 aliphatic carbocycles. The van der Waals surface area contributed by atoms with Crippen LogP contribution in [0.4, 0.5) is 0 Å². The molecule has 30 heavy (non-hydrogen) atoms. The van der Waals surface area contributed by atoms with Gasteiger partial charge in [-0.3, -0.25) is 0 Å². The maximum atomic E-state index is 6.85. The summed E-state index contributed by atoms with van der Waals surface area (Å²) in [7, 11) is -0.679. The predicted molar refractivity (Wildman–Crippen MR) is 131 cm³/mol. The fourth-order valence-electron chi connectivity index (χ4n) is 6.36. The van der Waals surface area contributed by atoms with Crippen LogP contribution >= 0.6 is 16.3 Å². The molecule has 0 saturated heterocycles. The van der Waals surface area contributed by atoms with E-state index in [-0.39, 0.29) is 16.3 Å². The van der Waals surface area contributed by atoms with E-state index >= 15 is 0 Å². The van der Waals surface area contributed by atoms with Crippen LogP contribution in [0.2, 0.25) is 0 Å². The quantitative estimate of drug-likeness (QED) is 0.371. The Bertz CT molecular complexity index is 572. The molecule has 0 aromatic heterocycles. The number of benzene rings is 1. The molecular weight excluding hydrogens is 406 g/mol. The van der Waals surface area contributed by atoms with Gasteiger partial charge in [-0.25, -0.2) is 0 Å². The topological polar surface area (TPSA) is 18.5 Å². The Kier molecular flexibility index (Phi) is 7.55. The second-order valence-electron chi connectivity index (χ2n) is 10.1. The standard InChI is InChI=1S/C26H40O2P2/c1-2-13-23(12-1)29(24-14-3-4-15-24)27-21-10-9-11-22(20-21)28-30(25-16-5-6-17-25)26-18-7-8-19-26/h9-11,20,23-26H,1-8,12-19H2. The third kappa shape index (κ3) is 5.18. The van der Waals surface area contributed by atoms with Gasteiger partial charge in [-0.2, -0.15) is 0 Å². The lowest BCUT2D eigenvalue weighted by molar-refractivity contribution is 0.553. The summed E-state index contributed by atoms with van der Waals surface area (Å²) in [4.78, 5) is 0. The first-order chi connectivity index (χ1) is 14.9. The van der Waals surface area contributed by atoms with E-state index in [0.29, 0.717) is 0 Å². The zero-order valence-electron chi connectivity index (χ0n) is 18.6. The molecule has 0 aliphatic heterocycles. The summed E-state index contributed by atoms with van der Waals surface area (Å²) >= 11 is 0. The molecule has 0 heterocycles. The van der Waals surface area contributed by atoms with Crippen molar-refractivity contribution in [3.8, 4) is 11.5 Å². The first kappa shape index (κ1) is 21.5. The van der Waals surface area contributed by atoms with Crippen molar-refractivity contribution in [2.45, 2.75) is 125 Å². The average Bonchev–Trinajstić information content (AvgIpc) is 3.60. The van der Waals surface area contributed by atoms with Gasteiger partial charge in [0, 0.05) is 28.7 Å². The van der Waals surface area contributed by atoms with E-state index < -0.39 is 0 Å². The highest BCUT2D eigenvalue weighted by molar-refractivity contribution is 7.55. The molecule has 0 amide bonds. The van der Waals surface area contributed by atoms with E-state index in [4.69, 9.17) is 9.05 Å². The fraction of sp³-hybridized carbons (Fsp3) is 0.769. The summed E-state index contributed by atoms with van der Waals surface area (Å²) in [6.07, 6.45) is 22.5. The van der Waals surface area contributed by atoms with E-state index in [1.165, 1.54) is 103 Å². The Balaban J connectivity index is 1.29. The number of hydrogen-bond donors (Lipinski definition) is 0. The molecule has 4 aliphatic rings. The Hall–Kier alpha value is -0.320. The summed E-state index contributed by atoms with van der Waals surface area (Å²) in [6.45, 7) is 0. The van der Waals surface area contributed by atoms with Crippen LogP contribution < -0.4 is 9.05 Å². The van der Waals surface area contributed by atoms with Gasteiger partial charge < -0.3 is 9.05 Å². The maximum absolute atomic E-state index is 6.85. The lowest BCUT2D eigenvalue weighted by Crippen LogP contribution is -2.15. The predicted octanol–water partition coefficient (Wildman–Crippen LogP) is 9.01. The highest BCUT2D eigenvalue weighted by Gasteiger charge is 2.37. The maximum Gasteiger partial charge on any atom is 0.127 e. The molecule has 0 spiro atoms. The molecule has 0 unspecified atom stereocenters. The van der Waals surface area contributed by atoms with Crippen molar-refractivity contribution < 1.29 is 9.05 Å². The van der Waals surface area contributed by atoms with Crippen molar-refractivity contribution in [2.75, 3.05) is 0 Å². The van der Waals surface area contributed by atoms with Crippen molar-refractivity contribution >= 4 is 16.3 Å². The lowest BCUT2D eigenvalue weighted by Gasteiger charge is -2.31. The molecule has 0 atom stereocenters. The first-order valence-corrected chi connectivity index (χ1v) is 15.7. The summed E-state index contributed by atoms with van der Waals surface area (Å²) in [6, 6.07) is 8.82. The summed E-state index contributed by atoms with van der Waals surface area (Å²) in [5.41, 5.74) is 3.34. The molecule has 2 nitrogen and oxygen atoms in total. The van der Waals surface area contributed by atoms with Crippen LogP contribution in [-0.4, -0.2) is 22.6 Å². The van der Waals surface area contributed by atoms with Crippen LogP contribution in [0, 0.1) is 0 Å². The minimum Gasteiger partial charge on any atom is -0.473 e. The molecule has 166 valence electrons. The van der Waals surface area contributed by atoms with Gasteiger partial charge in [0.1, 0.15) is 11.5 Å². The van der Waals surface area contributed by atoms with Gasteiger partial charge in [0.15, 0.2) is 0 Å². The van der Waals surface area contributed by atoms with Gasteiger partial charge in [-0.05, 0) is 63.5 Å². The smallest absolute Gasteiger partial charge is 0.127 e. The minimum atomic E-state index is -0.339. The molecule has 4 saturated carbocycles. The van der Waals surface area contributed by atoms with E-state index in [9.17, 15) is 0 Å². The van der Waals surface area contributed by atoms with E-state index in [1.807, 2.05) is 0 Å². The Morgan fingerprint density at radius 1 is 0.500 bits per heavy atom. The zero-order chi connectivity index (χ0) is 20.2. The third-order valence-electron chi connectivity index (χ3n) is 7.97. The van der Waals surface area contributed by atoms with E-state index in [1.54, 1.807) is 0 Å². The van der Waals surface area contributed by atoms with Crippen molar-refractivity contribution in [3.63, 3.8) is 0 Å². The SMILES string of the molecule is c1cc(OP(C2CCCC2)C2CCCC2)cc(OP(C2CCCC2)C2CCCC2)c1. The van der Waals surface area contributed by atoms with Crippen LogP contribution in [-0.2, 0) is 0 Å². The first-order valence-electron chi connectivity index (χ1n) is 12.9. The lowest BCUT2D eigenvalue weighted by atomic mass is 10.3. The molecule has 1 aromatic rings. The second-order valence-corrected chi connectivity index (χ2v) is 14.9. The highest BCUT2D eigenvalue weighted by atomic mass is 31.1. The van der Waals surface area contributed by atoms with E-state index in [2.05, 4.69) is 24.3 Å². The minimum absolute atomic E-state index is 0.339. The molecule has 1 aromatic carbocycles. The van der Waals surface area contributed by atoms with Gasteiger partial charge in [0.05, 0.1) is 16.3 Å². The van der Waals surface area contributed by atoms with Crippen molar-refractivity contribution in [1.29, 1.82) is 0 Å². The van der Waals surface area contributed by atoms with Crippen LogP contribution in [0.25, 0.3) is 0 Å². The molecular formula is C26H40O2P2. The summed E-state index contributed by atoms with van der Waals surface area (Å²) < 4.78 is 13.7. The summed E-state index contributed by atoms with van der Waals surface area (Å²) in [5, 5.41) is 0. The largest absolute Gasteiger partial charge is 0.473 e. The van der Waals surface area contributed by atoms with Crippen LogP contribution in [0.15, 0.2) is 24.3 Å². The summed E-state index contributed by atoms with van der Waals surface area (Å²) in [5.74, 6) is 2.18. The van der Waals surface area contributed by atoms with Crippen molar-refractivity contribution in [2.24, 2.45) is 0 Å². The Morgan fingerprint density at radius 2 is 0.800 bits per heavy atom.